The number of nitrogens with one attached hydrogen (secondary N) is 2. The number of unbranched alkanes of at least 4 members (excludes halogenated alkanes) is 3. The van der Waals surface area contributed by atoms with Gasteiger partial charge in [0.25, 0.3) is 5.91 Å². The summed E-state index contributed by atoms with van der Waals surface area (Å²) in [7, 11) is -2.36. The van der Waals surface area contributed by atoms with Gasteiger partial charge in [0.15, 0.2) is 0 Å². The number of nitrogens with zero attached hydrogens (tertiary/aromatic N) is 6. The fourth-order valence-electron chi connectivity index (χ4n) is 8.22. The molecule has 1 unspecified atom stereocenters. The predicted molar refractivity (Wildman–Crippen MR) is 247 cm³/mol. The van der Waals surface area contributed by atoms with Crippen molar-refractivity contribution < 1.29 is 37.1 Å². The highest BCUT2D eigenvalue weighted by molar-refractivity contribution is 7.90. The van der Waals surface area contributed by atoms with E-state index in [1.807, 2.05) is 60.7 Å². The first-order chi connectivity index (χ1) is 31.4. The predicted octanol–water partition coefficient (Wildman–Crippen LogP) is 5.21. The molecule has 2 aromatic heterocycles. The number of piperazine rings is 1. The third-order valence-corrected chi connectivity index (χ3v) is 13.9. The number of hydrogen-bond acceptors (Lipinski definition) is 12. The number of sulfonamides is 1. The zero-order chi connectivity index (χ0) is 45.9. The Bertz CT molecular complexity index is 2460. The molecular weight excluding hydrogens is 849 g/mol. The molecule has 4 amide bonds. The lowest BCUT2D eigenvalue weighted by Crippen LogP contribution is -2.56. The van der Waals surface area contributed by atoms with E-state index in [-0.39, 0.29) is 31.7 Å². The first-order valence-corrected chi connectivity index (χ1v) is 23.9. The third-order valence-electron chi connectivity index (χ3n) is 12.1. The van der Waals surface area contributed by atoms with Crippen LogP contribution < -0.4 is 24.4 Å². The summed E-state index contributed by atoms with van der Waals surface area (Å²) >= 11 is 0. The molecule has 1 aliphatic carbocycles. The summed E-state index contributed by atoms with van der Waals surface area (Å²) in [4.78, 5) is 74.7. The van der Waals surface area contributed by atoms with Crippen LogP contribution in [0.5, 0.6) is 11.5 Å². The van der Waals surface area contributed by atoms with Crippen molar-refractivity contribution in [3.8, 4) is 22.8 Å². The van der Waals surface area contributed by atoms with Crippen LogP contribution in [0.25, 0.3) is 22.2 Å². The normalized spacial score (nSPS) is 18.6. The molecule has 4 heterocycles. The lowest BCUT2D eigenvalue weighted by Gasteiger charge is -2.35. The van der Waals surface area contributed by atoms with Gasteiger partial charge in [0.05, 0.1) is 36.3 Å². The second-order valence-electron chi connectivity index (χ2n) is 16.8. The summed E-state index contributed by atoms with van der Waals surface area (Å²) in [6.07, 6.45) is 14.0. The molecule has 2 aromatic carbocycles. The molecule has 16 nitrogen and oxygen atoms in total. The van der Waals surface area contributed by atoms with Gasteiger partial charge >= 0.3 is 0 Å². The zero-order valence-corrected chi connectivity index (χ0v) is 37.8. The molecule has 3 aliphatic rings. The van der Waals surface area contributed by atoms with Crippen LogP contribution in [0.2, 0.25) is 0 Å². The van der Waals surface area contributed by atoms with Crippen molar-refractivity contribution in [1.82, 2.24) is 34.8 Å². The first kappa shape index (κ1) is 46.6. The van der Waals surface area contributed by atoms with Gasteiger partial charge < -0.3 is 29.5 Å². The number of amides is 4. The topological polar surface area (TPSA) is 193 Å². The minimum atomic E-state index is -3.94. The van der Waals surface area contributed by atoms with Crippen LogP contribution in [0.1, 0.15) is 64.7 Å². The lowest BCUT2D eigenvalue weighted by atomic mass is 9.99. The summed E-state index contributed by atoms with van der Waals surface area (Å²) in [6.45, 7) is 7.54. The van der Waals surface area contributed by atoms with Gasteiger partial charge in [-0.05, 0) is 50.7 Å². The molecular formula is C48H58N8O8S. The lowest BCUT2D eigenvalue weighted by molar-refractivity contribution is -0.141. The standard InChI is InChI=1S/C48H58N8O8S/c1-4-5-6-7-8-10-13-33(2)46(48(60)53-65(61,62)37-17-18-37)52-47(59)41-29-36(64-42-30-39(34-14-11-9-12-15-34)51-40-28-35(63-3)16-19-38(40)42)32-56(41)45(58)21-20-44(57)55-26-24-54(25-27-55)43-31-49-22-23-50-43/h4,9-16,19,22-23,28,30-31,33,36-37,41,46H,1,5-8,17-18,20-21,24-27,29,32H2,2-3H3,(H,52,59)(H,53,60)/b13-10-/t33-,36?,41-,46+/m0/s1. The third kappa shape index (κ3) is 12.1. The molecule has 0 radical (unpaired) electrons. The smallest absolute Gasteiger partial charge is 0.256 e. The largest absolute Gasteiger partial charge is 0.497 e. The van der Waals surface area contributed by atoms with Gasteiger partial charge in [0, 0.05) is 86.8 Å². The number of rotatable bonds is 20. The van der Waals surface area contributed by atoms with E-state index < -0.39 is 57.1 Å². The number of allylic oxidation sites excluding steroid dienone is 2. The summed E-state index contributed by atoms with van der Waals surface area (Å²) in [5.41, 5.74) is 2.13. The van der Waals surface area contributed by atoms with Crippen molar-refractivity contribution in [2.75, 3.05) is 44.7 Å². The Morgan fingerprint density at radius 2 is 1.71 bits per heavy atom. The van der Waals surface area contributed by atoms with Crippen LogP contribution in [0.4, 0.5) is 5.82 Å². The van der Waals surface area contributed by atoms with Crippen molar-refractivity contribution in [3.05, 3.63) is 98.0 Å². The number of ether oxygens (including phenoxy) is 2. The number of hydrogen-bond donors (Lipinski definition) is 2. The number of fused-ring (bicyclic) bond motifs is 1. The van der Waals surface area contributed by atoms with E-state index in [9.17, 15) is 27.6 Å². The van der Waals surface area contributed by atoms with E-state index >= 15 is 0 Å². The molecule has 7 rings (SSSR count). The highest BCUT2D eigenvalue weighted by atomic mass is 32.2. The average molecular weight is 907 g/mol. The number of carbonyl (C=O) groups is 4. The van der Waals surface area contributed by atoms with E-state index in [0.717, 1.165) is 37.1 Å². The molecule has 2 N–H and O–H groups in total. The molecule has 2 aliphatic heterocycles. The van der Waals surface area contributed by atoms with Crippen LogP contribution in [0.15, 0.2) is 98.0 Å². The number of pyridine rings is 1. The quantitative estimate of drug-likeness (QED) is 0.0871. The number of anilines is 1. The minimum absolute atomic E-state index is 0.00955. The Labute approximate surface area is 380 Å². The SMILES string of the molecule is C=CCCCC/C=C\[C@H](C)[C@@H](NC(=O)[C@@H]1CC(Oc2cc(-c3ccccc3)nc3cc(OC)ccc23)CN1C(=O)CCC(=O)N1CCN(c2cnccn2)CC1)C(=O)NS(=O)(=O)C1CC1. The zero-order valence-electron chi connectivity index (χ0n) is 37.0. The number of benzene rings is 2. The molecule has 4 atom stereocenters. The summed E-state index contributed by atoms with van der Waals surface area (Å²) in [5, 5.41) is 2.87. The van der Waals surface area contributed by atoms with Gasteiger partial charge in [-0.15, -0.1) is 6.58 Å². The van der Waals surface area contributed by atoms with Crippen molar-refractivity contribution >= 4 is 50.4 Å². The Morgan fingerprint density at radius 1 is 0.954 bits per heavy atom. The van der Waals surface area contributed by atoms with Crippen LogP contribution in [-0.2, 0) is 29.2 Å². The Morgan fingerprint density at radius 3 is 2.42 bits per heavy atom. The van der Waals surface area contributed by atoms with Gasteiger partial charge in [-0.1, -0.05) is 55.5 Å². The van der Waals surface area contributed by atoms with E-state index in [4.69, 9.17) is 14.5 Å². The number of aromatic nitrogens is 3. The summed E-state index contributed by atoms with van der Waals surface area (Å²) in [6, 6.07) is 14.5. The van der Waals surface area contributed by atoms with Crippen molar-refractivity contribution in [3.63, 3.8) is 0 Å². The number of carbonyl (C=O) groups excluding carboxylic acids is 4. The van der Waals surface area contributed by atoms with Crippen molar-refractivity contribution in [1.29, 1.82) is 0 Å². The van der Waals surface area contributed by atoms with Crippen LogP contribution in [0, 0.1) is 5.92 Å². The van der Waals surface area contributed by atoms with Crippen molar-refractivity contribution in [2.24, 2.45) is 5.92 Å². The number of likely N-dealkylation sites (tertiary alicyclic amines) is 1. The molecule has 344 valence electrons. The second kappa shape index (κ2) is 21.5. The molecule has 4 aromatic rings. The van der Waals surface area contributed by atoms with Crippen LogP contribution in [-0.4, -0.2) is 120 Å². The fraction of sp³-hybridized carbons (Fsp3) is 0.438. The Kier molecular flexibility index (Phi) is 15.5. The van der Waals surface area contributed by atoms with Gasteiger partial charge in [-0.2, -0.15) is 0 Å². The molecule has 1 saturated carbocycles. The van der Waals surface area contributed by atoms with Gasteiger partial charge in [-0.3, -0.25) is 28.9 Å². The van der Waals surface area contributed by atoms with Gasteiger partial charge in [0.1, 0.15) is 35.5 Å². The van der Waals surface area contributed by atoms with Gasteiger partial charge in [-0.25, -0.2) is 18.4 Å². The van der Waals surface area contributed by atoms with Crippen molar-refractivity contribution in [2.45, 2.75) is 88.1 Å². The maximum absolute atomic E-state index is 14.6. The molecule has 2 saturated heterocycles. The molecule has 0 spiro atoms. The summed E-state index contributed by atoms with van der Waals surface area (Å²) < 4.78 is 40.4. The highest BCUT2D eigenvalue weighted by Gasteiger charge is 2.44. The maximum atomic E-state index is 14.6. The number of methoxy groups -OCH3 is 1. The van der Waals surface area contributed by atoms with Gasteiger partial charge in [0.2, 0.25) is 27.7 Å². The minimum Gasteiger partial charge on any atom is -0.497 e. The second-order valence-corrected chi connectivity index (χ2v) is 18.7. The van der Waals surface area contributed by atoms with E-state index in [1.54, 1.807) is 49.7 Å². The molecule has 65 heavy (non-hydrogen) atoms. The monoisotopic (exact) mass is 906 g/mol. The molecule has 3 fully saturated rings. The van der Waals surface area contributed by atoms with E-state index in [1.165, 1.54) is 4.90 Å². The fourth-order valence-corrected chi connectivity index (χ4v) is 9.55. The van der Waals surface area contributed by atoms with E-state index in [2.05, 4.69) is 31.5 Å². The summed E-state index contributed by atoms with van der Waals surface area (Å²) in [5.74, 6) is -0.880. The molecule has 0 bridgehead atoms. The van der Waals surface area contributed by atoms with E-state index in [0.29, 0.717) is 67.1 Å². The Hall–Kier alpha value is -6.36. The molecule has 17 heteroatoms. The van der Waals surface area contributed by atoms with Crippen LogP contribution >= 0.6 is 0 Å². The first-order valence-electron chi connectivity index (χ1n) is 22.4. The Balaban J connectivity index is 1.12. The highest BCUT2D eigenvalue weighted by Crippen LogP contribution is 2.35. The average Bonchev–Trinajstić information content (AvgIpc) is 4.12. The maximum Gasteiger partial charge on any atom is 0.256 e. The van der Waals surface area contributed by atoms with Crippen LogP contribution in [0.3, 0.4) is 0 Å².